The van der Waals surface area contributed by atoms with Gasteiger partial charge in [0.2, 0.25) is 0 Å². The SMILES string of the molecule is Cc1ccc2ccc3ccc(C(N)=CN(N)CC(O)NC4CCCc5cccnc54)c4ccc1c2c34. The van der Waals surface area contributed by atoms with E-state index >= 15 is 0 Å². The summed E-state index contributed by atoms with van der Waals surface area (Å²) < 4.78 is 0. The van der Waals surface area contributed by atoms with Crippen molar-refractivity contribution in [3.05, 3.63) is 95.4 Å². The summed E-state index contributed by atoms with van der Waals surface area (Å²) >= 11 is 0. The predicted octanol–water partition coefficient (Wildman–Crippen LogP) is 4.71. The number of nitrogens with one attached hydrogen (secondary N) is 1. The van der Waals surface area contributed by atoms with Crippen LogP contribution in [-0.4, -0.2) is 27.9 Å². The highest BCUT2D eigenvalue weighted by atomic mass is 16.3. The number of aromatic nitrogens is 1. The van der Waals surface area contributed by atoms with Crippen molar-refractivity contribution in [2.75, 3.05) is 6.54 Å². The smallest absolute Gasteiger partial charge is 0.124 e. The summed E-state index contributed by atoms with van der Waals surface area (Å²) in [4.78, 5) is 4.54. The van der Waals surface area contributed by atoms with Crippen molar-refractivity contribution in [2.24, 2.45) is 11.6 Å². The second-order valence-corrected chi connectivity index (χ2v) is 9.87. The summed E-state index contributed by atoms with van der Waals surface area (Å²) in [6.45, 7) is 2.35. The molecule has 0 bridgehead atoms. The minimum Gasteiger partial charge on any atom is -0.397 e. The molecule has 0 aliphatic heterocycles. The van der Waals surface area contributed by atoms with Crippen LogP contribution in [0.4, 0.5) is 0 Å². The predicted molar refractivity (Wildman–Crippen MR) is 147 cm³/mol. The molecule has 0 radical (unpaired) electrons. The molecule has 4 aromatic carbocycles. The van der Waals surface area contributed by atoms with Gasteiger partial charge in [-0.3, -0.25) is 10.3 Å². The molecule has 6 rings (SSSR count). The number of fused-ring (bicyclic) bond motifs is 1. The molecule has 6 nitrogen and oxygen atoms in total. The summed E-state index contributed by atoms with van der Waals surface area (Å²) in [5.41, 5.74) is 11.6. The molecular formula is C30H31N5O. The average Bonchev–Trinajstić information content (AvgIpc) is 2.88. The minimum atomic E-state index is -0.818. The monoisotopic (exact) mass is 477 g/mol. The molecule has 6 N–H and O–H groups in total. The Kier molecular flexibility index (Phi) is 5.72. The van der Waals surface area contributed by atoms with Crippen molar-refractivity contribution in [1.82, 2.24) is 15.3 Å². The fraction of sp³-hybridized carbons (Fsp3) is 0.233. The van der Waals surface area contributed by atoms with E-state index in [0.29, 0.717) is 5.70 Å². The van der Waals surface area contributed by atoms with Gasteiger partial charge in [-0.15, -0.1) is 0 Å². The van der Waals surface area contributed by atoms with E-state index in [0.717, 1.165) is 35.9 Å². The molecule has 0 amide bonds. The quantitative estimate of drug-likeness (QED) is 0.122. The number of nitrogens with zero attached hydrogens (tertiary/aromatic N) is 2. The lowest BCUT2D eigenvalue weighted by atomic mass is 9.90. The van der Waals surface area contributed by atoms with Crippen LogP contribution in [0.3, 0.4) is 0 Å². The summed E-state index contributed by atoms with van der Waals surface area (Å²) in [5, 5.41) is 22.7. The molecule has 1 heterocycles. The largest absolute Gasteiger partial charge is 0.397 e. The highest BCUT2D eigenvalue weighted by molar-refractivity contribution is 6.25. The molecule has 0 spiro atoms. The van der Waals surface area contributed by atoms with Gasteiger partial charge in [-0.05, 0) is 75.7 Å². The Hall–Kier alpha value is -3.71. The van der Waals surface area contributed by atoms with Crippen LogP contribution in [0.25, 0.3) is 38.0 Å². The Labute approximate surface area is 210 Å². The third-order valence-electron chi connectivity index (χ3n) is 7.47. The topological polar surface area (TPSA) is 100 Å². The number of aliphatic hydroxyl groups is 1. The van der Waals surface area contributed by atoms with E-state index in [1.807, 2.05) is 18.3 Å². The third kappa shape index (κ3) is 3.93. The fourth-order valence-corrected chi connectivity index (χ4v) is 5.76. The second-order valence-electron chi connectivity index (χ2n) is 9.87. The van der Waals surface area contributed by atoms with Crippen molar-refractivity contribution >= 4 is 38.0 Å². The number of benzene rings is 4. The van der Waals surface area contributed by atoms with Crippen LogP contribution in [-0.2, 0) is 6.42 Å². The molecule has 182 valence electrons. The number of aryl methyl sites for hydroxylation is 2. The van der Waals surface area contributed by atoms with Gasteiger partial charge in [0.1, 0.15) is 6.23 Å². The average molecular weight is 478 g/mol. The number of hydrogen-bond donors (Lipinski definition) is 4. The van der Waals surface area contributed by atoms with Gasteiger partial charge in [-0.25, -0.2) is 5.84 Å². The van der Waals surface area contributed by atoms with Gasteiger partial charge < -0.3 is 15.8 Å². The van der Waals surface area contributed by atoms with Crippen LogP contribution in [0.15, 0.2) is 73.1 Å². The first-order valence-electron chi connectivity index (χ1n) is 12.5. The minimum absolute atomic E-state index is 0.0145. The lowest BCUT2D eigenvalue weighted by Crippen LogP contribution is -2.44. The molecule has 5 aromatic rings. The first kappa shape index (κ1) is 22.7. The van der Waals surface area contributed by atoms with Gasteiger partial charge in [0, 0.05) is 18.0 Å². The van der Waals surface area contributed by atoms with Gasteiger partial charge in [0.25, 0.3) is 0 Å². The maximum atomic E-state index is 10.7. The normalized spacial score (nSPS) is 17.1. The van der Waals surface area contributed by atoms with Crippen LogP contribution >= 0.6 is 0 Å². The molecule has 2 atom stereocenters. The first-order chi connectivity index (χ1) is 17.5. The number of rotatable bonds is 6. The number of hydrogen-bond acceptors (Lipinski definition) is 6. The zero-order valence-corrected chi connectivity index (χ0v) is 20.4. The van der Waals surface area contributed by atoms with E-state index in [-0.39, 0.29) is 12.6 Å². The molecule has 0 fully saturated rings. The molecule has 1 aliphatic rings. The number of nitrogens with two attached hydrogens (primary N) is 2. The van der Waals surface area contributed by atoms with Crippen molar-refractivity contribution in [3.8, 4) is 0 Å². The van der Waals surface area contributed by atoms with E-state index in [1.54, 1.807) is 6.20 Å². The van der Waals surface area contributed by atoms with E-state index in [1.165, 1.54) is 43.1 Å². The zero-order valence-electron chi connectivity index (χ0n) is 20.4. The molecular weight excluding hydrogens is 446 g/mol. The lowest BCUT2D eigenvalue weighted by molar-refractivity contribution is 0.0871. The van der Waals surface area contributed by atoms with Crippen LogP contribution in [0, 0.1) is 6.92 Å². The third-order valence-corrected chi connectivity index (χ3v) is 7.47. The summed E-state index contributed by atoms with van der Waals surface area (Å²) in [7, 11) is 0. The summed E-state index contributed by atoms with van der Waals surface area (Å²) in [6.07, 6.45) is 5.72. The fourth-order valence-electron chi connectivity index (χ4n) is 5.76. The number of aliphatic hydroxyl groups excluding tert-OH is 1. The van der Waals surface area contributed by atoms with Gasteiger partial charge in [-0.2, -0.15) is 0 Å². The van der Waals surface area contributed by atoms with E-state index < -0.39 is 6.23 Å². The molecule has 1 aromatic heterocycles. The van der Waals surface area contributed by atoms with Gasteiger partial charge >= 0.3 is 0 Å². The van der Waals surface area contributed by atoms with Crippen molar-refractivity contribution < 1.29 is 5.11 Å². The van der Waals surface area contributed by atoms with E-state index in [2.05, 4.69) is 65.8 Å². The van der Waals surface area contributed by atoms with Gasteiger partial charge in [0.05, 0.1) is 24.0 Å². The Bertz CT molecular complexity index is 1590. The Morgan fingerprint density at radius 3 is 2.64 bits per heavy atom. The van der Waals surface area contributed by atoms with Crippen LogP contribution in [0.1, 0.15) is 41.3 Å². The Morgan fingerprint density at radius 1 is 1.08 bits per heavy atom. The highest BCUT2D eigenvalue weighted by Gasteiger charge is 2.23. The van der Waals surface area contributed by atoms with E-state index in [9.17, 15) is 5.11 Å². The van der Waals surface area contributed by atoms with Gasteiger partial charge in [-0.1, -0.05) is 54.6 Å². The van der Waals surface area contributed by atoms with E-state index in [4.69, 9.17) is 11.6 Å². The second kappa shape index (κ2) is 9.06. The highest BCUT2D eigenvalue weighted by Crippen LogP contribution is 2.38. The van der Waals surface area contributed by atoms with Crippen LogP contribution in [0.5, 0.6) is 0 Å². The van der Waals surface area contributed by atoms with Crippen LogP contribution in [0.2, 0.25) is 0 Å². The summed E-state index contributed by atoms with van der Waals surface area (Å²) in [6, 6.07) is 21.3. The van der Waals surface area contributed by atoms with Crippen LogP contribution < -0.4 is 16.9 Å². The Morgan fingerprint density at radius 2 is 1.81 bits per heavy atom. The molecule has 1 aliphatic carbocycles. The maximum absolute atomic E-state index is 10.7. The molecule has 36 heavy (non-hydrogen) atoms. The standard InChI is InChI=1S/C30H31N5O/c1-18-7-8-19-9-10-20-11-12-23(24-14-13-22(18)28(19)29(20)24)25(31)16-35(32)17-27(36)34-26-6-2-4-21-5-3-15-33-30(21)26/h3,5,7-16,26-27,34,36H,2,4,6,17,31-32H2,1H3. The lowest BCUT2D eigenvalue weighted by Gasteiger charge is -2.29. The number of hydrazine groups is 1. The van der Waals surface area contributed by atoms with Crippen molar-refractivity contribution in [1.29, 1.82) is 0 Å². The molecule has 0 saturated heterocycles. The summed E-state index contributed by atoms with van der Waals surface area (Å²) in [5.74, 6) is 6.28. The molecule has 2 unspecified atom stereocenters. The molecule has 6 heteroatoms. The van der Waals surface area contributed by atoms with Gasteiger partial charge in [0.15, 0.2) is 0 Å². The zero-order chi connectivity index (χ0) is 24.8. The maximum Gasteiger partial charge on any atom is 0.124 e. The van der Waals surface area contributed by atoms with Crippen molar-refractivity contribution in [3.63, 3.8) is 0 Å². The van der Waals surface area contributed by atoms with Crippen molar-refractivity contribution in [2.45, 2.75) is 38.5 Å². The number of pyridine rings is 1. The molecule has 0 saturated carbocycles. The first-order valence-corrected chi connectivity index (χ1v) is 12.5. The Balaban J connectivity index is 1.26.